The van der Waals surface area contributed by atoms with E-state index in [0.717, 1.165) is 17.6 Å². The van der Waals surface area contributed by atoms with Crippen LogP contribution >= 0.6 is 70.7 Å². The average Bonchev–Trinajstić information content (AvgIpc) is 2.57. The van der Waals surface area contributed by atoms with Crippen LogP contribution in [0.3, 0.4) is 0 Å². The lowest BCUT2D eigenvalue weighted by molar-refractivity contribution is 0.220. The van der Waals surface area contributed by atoms with E-state index in [1.54, 1.807) is 6.07 Å². The van der Waals surface area contributed by atoms with Crippen LogP contribution in [0.15, 0.2) is 36.3 Å². The molecule has 0 bridgehead atoms. The third-order valence-electron chi connectivity index (χ3n) is 2.23. The summed E-state index contributed by atoms with van der Waals surface area (Å²) >= 11 is 17.8. The van der Waals surface area contributed by atoms with Crippen molar-refractivity contribution in [1.29, 1.82) is 0 Å². The maximum absolute atomic E-state index is 10.3. The van der Waals surface area contributed by atoms with Crippen LogP contribution in [0.2, 0.25) is 5.02 Å². The highest BCUT2D eigenvalue weighted by Gasteiger charge is 2.18. The minimum atomic E-state index is -0.729. The Balaban J connectivity index is 2.43. The molecule has 2 rings (SSSR count). The molecule has 0 saturated heterocycles. The van der Waals surface area contributed by atoms with Crippen LogP contribution in [0.4, 0.5) is 0 Å². The number of aliphatic hydroxyl groups is 1. The van der Waals surface area contributed by atoms with E-state index in [0.29, 0.717) is 10.6 Å². The normalized spacial score (nSPS) is 12.8. The topological polar surface area (TPSA) is 20.2 Å². The Morgan fingerprint density at radius 2 is 1.82 bits per heavy atom. The number of hydrogen-bond acceptors (Lipinski definition) is 2. The number of benzene rings is 1. The molecular formula is C11H6Br3ClOS. The Morgan fingerprint density at radius 1 is 1.12 bits per heavy atom. The minimum absolute atomic E-state index is 0.543. The van der Waals surface area contributed by atoms with Crippen molar-refractivity contribution in [3.63, 3.8) is 0 Å². The molecular weight excluding hydrogens is 455 g/mol. The summed E-state index contributed by atoms with van der Waals surface area (Å²) in [7, 11) is 0. The van der Waals surface area contributed by atoms with Gasteiger partial charge in [0.2, 0.25) is 0 Å². The first-order valence-electron chi connectivity index (χ1n) is 4.57. The van der Waals surface area contributed by atoms with Crippen LogP contribution in [-0.2, 0) is 0 Å². The van der Waals surface area contributed by atoms with Gasteiger partial charge in [-0.05, 0) is 50.1 Å². The van der Waals surface area contributed by atoms with Gasteiger partial charge >= 0.3 is 0 Å². The summed E-state index contributed by atoms with van der Waals surface area (Å²) in [6.45, 7) is 0. The lowest BCUT2D eigenvalue weighted by atomic mass is 10.0. The Bertz CT molecular complexity index is 556. The van der Waals surface area contributed by atoms with Crippen LogP contribution in [0.1, 0.15) is 17.2 Å². The molecule has 1 N–H and O–H groups in total. The zero-order chi connectivity index (χ0) is 12.6. The Morgan fingerprint density at radius 3 is 2.35 bits per heavy atom. The molecule has 0 radical (unpaired) electrons. The second-order valence-electron chi connectivity index (χ2n) is 3.35. The van der Waals surface area contributed by atoms with E-state index in [1.165, 1.54) is 11.3 Å². The molecule has 0 amide bonds. The second kappa shape index (κ2) is 5.72. The van der Waals surface area contributed by atoms with Gasteiger partial charge < -0.3 is 5.11 Å². The summed E-state index contributed by atoms with van der Waals surface area (Å²) in [6, 6.07) is 7.34. The van der Waals surface area contributed by atoms with Crippen molar-refractivity contribution in [2.24, 2.45) is 0 Å². The van der Waals surface area contributed by atoms with Crippen LogP contribution < -0.4 is 0 Å². The highest BCUT2D eigenvalue weighted by Crippen LogP contribution is 2.39. The zero-order valence-electron chi connectivity index (χ0n) is 8.25. The molecule has 0 aliphatic carbocycles. The smallest absolute Gasteiger partial charge is 0.107 e. The lowest BCUT2D eigenvalue weighted by Crippen LogP contribution is -1.99. The van der Waals surface area contributed by atoms with E-state index in [2.05, 4.69) is 47.8 Å². The number of rotatable bonds is 2. The van der Waals surface area contributed by atoms with Crippen LogP contribution in [0, 0.1) is 0 Å². The average molecular weight is 461 g/mol. The summed E-state index contributed by atoms with van der Waals surface area (Å²) in [5, 5.41) is 10.9. The Hall–Kier alpha value is 0.610. The molecule has 0 aliphatic rings. The molecule has 17 heavy (non-hydrogen) atoms. The molecule has 0 spiro atoms. The summed E-state index contributed by atoms with van der Waals surface area (Å²) < 4.78 is 2.76. The first-order valence-corrected chi connectivity index (χ1v) is 8.14. The van der Waals surface area contributed by atoms with Gasteiger partial charge in [0.15, 0.2) is 0 Å². The Kier molecular flexibility index (Phi) is 4.72. The predicted molar refractivity (Wildman–Crippen MR) is 82.9 cm³/mol. The molecule has 1 nitrogen and oxygen atoms in total. The number of aliphatic hydroxyl groups excluding tert-OH is 1. The van der Waals surface area contributed by atoms with Crippen molar-refractivity contribution < 1.29 is 5.11 Å². The number of halogens is 4. The third kappa shape index (κ3) is 3.14. The van der Waals surface area contributed by atoms with Gasteiger partial charge in [0.05, 0.1) is 7.57 Å². The summed E-state index contributed by atoms with van der Waals surface area (Å²) in [6.07, 6.45) is -0.729. The van der Waals surface area contributed by atoms with E-state index >= 15 is 0 Å². The highest BCUT2D eigenvalue weighted by atomic mass is 79.9. The fourth-order valence-corrected chi connectivity index (χ4v) is 5.09. The number of hydrogen-bond donors (Lipinski definition) is 1. The first kappa shape index (κ1) is 14.0. The fourth-order valence-electron chi connectivity index (χ4n) is 1.43. The van der Waals surface area contributed by atoms with E-state index in [9.17, 15) is 5.11 Å². The second-order valence-corrected chi connectivity index (χ2v) is 8.42. The van der Waals surface area contributed by atoms with Crippen molar-refractivity contribution >= 4 is 70.7 Å². The predicted octanol–water partition coefficient (Wildman–Crippen LogP) is 5.77. The molecule has 90 valence electrons. The molecule has 1 aromatic carbocycles. The Labute approximate surface area is 133 Å². The van der Waals surface area contributed by atoms with E-state index in [-0.39, 0.29) is 0 Å². The monoisotopic (exact) mass is 458 g/mol. The molecule has 1 atom stereocenters. The molecule has 2 aromatic rings. The molecule has 1 unspecified atom stereocenters. The van der Waals surface area contributed by atoms with Crippen molar-refractivity contribution in [1.82, 2.24) is 0 Å². The summed E-state index contributed by atoms with van der Waals surface area (Å²) in [5.74, 6) is 0. The van der Waals surface area contributed by atoms with Gasteiger partial charge in [0.1, 0.15) is 6.10 Å². The van der Waals surface area contributed by atoms with Gasteiger partial charge in [-0.3, -0.25) is 0 Å². The quantitative estimate of drug-likeness (QED) is 0.602. The van der Waals surface area contributed by atoms with Gasteiger partial charge in [0, 0.05) is 20.6 Å². The van der Waals surface area contributed by atoms with E-state index in [1.807, 2.05) is 18.2 Å². The van der Waals surface area contributed by atoms with Gasteiger partial charge in [-0.1, -0.05) is 33.6 Å². The SMILES string of the molecule is OC(c1ccc(Br)cc1Cl)c1cc(Br)sc1Br. The van der Waals surface area contributed by atoms with Gasteiger partial charge in [0.25, 0.3) is 0 Å². The molecule has 0 aliphatic heterocycles. The van der Waals surface area contributed by atoms with Crippen molar-refractivity contribution in [2.45, 2.75) is 6.10 Å². The minimum Gasteiger partial charge on any atom is -0.384 e. The maximum atomic E-state index is 10.3. The van der Waals surface area contributed by atoms with Crippen molar-refractivity contribution in [3.05, 3.63) is 52.5 Å². The van der Waals surface area contributed by atoms with Gasteiger partial charge in [-0.25, -0.2) is 0 Å². The van der Waals surface area contributed by atoms with Crippen LogP contribution in [-0.4, -0.2) is 5.11 Å². The maximum Gasteiger partial charge on any atom is 0.107 e. The summed E-state index contributed by atoms with van der Waals surface area (Å²) in [4.78, 5) is 0. The summed E-state index contributed by atoms with van der Waals surface area (Å²) in [5.41, 5.74) is 1.51. The van der Waals surface area contributed by atoms with Crippen molar-refractivity contribution in [2.75, 3.05) is 0 Å². The van der Waals surface area contributed by atoms with Crippen LogP contribution in [0.25, 0.3) is 0 Å². The molecule has 0 fully saturated rings. The van der Waals surface area contributed by atoms with Gasteiger partial charge in [-0.2, -0.15) is 0 Å². The standard InChI is InChI=1S/C11H6Br3ClOS/c12-5-1-2-6(8(15)3-5)10(16)7-4-9(13)17-11(7)14/h1-4,10,16H. The number of thiophene rings is 1. The highest BCUT2D eigenvalue weighted by molar-refractivity contribution is 9.12. The lowest BCUT2D eigenvalue weighted by Gasteiger charge is -2.12. The van der Waals surface area contributed by atoms with Gasteiger partial charge in [-0.15, -0.1) is 11.3 Å². The van der Waals surface area contributed by atoms with E-state index in [4.69, 9.17) is 11.6 Å². The fraction of sp³-hybridized carbons (Fsp3) is 0.0909. The largest absolute Gasteiger partial charge is 0.384 e. The third-order valence-corrected chi connectivity index (χ3v) is 5.44. The molecule has 1 heterocycles. The molecule has 1 aromatic heterocycles. The molecule has 0 saturated carbocycles. The van der Waals surface area contributed by atoms with Crippen LogP contribution in [0.5, 0.6) is 0 Å². The molecule has 6 heteroatoms. The van der Waals surface area contributed by atoms with E-state index < -0.39 is 6.10 Å². The first-order chi connectivity index (χ1) is 7.99. The van der Waals surface area contributed by atoms with Crippen molar-refractivity contribution in [3.8, 4) is 0 Å². The zero-order valence-corrected chi connectivity index (χ0v) is 14.6.